The molecule has 6 nitrogen and oxygen atoms in total. The fourth-order valence-electron chi connectivity index (χ4n) is 2.55. The maximum Gasteiger partial charge on any atom is 0.251 e. The minimum atomic E-state index is -1.11. The summed E-state index contributed by atoms with van der Waals surface area (Å²) in [5.41, 5.74) is 1.05. The highest BCUT2D eigenvalue weighted by atomic mass is 35.5. The molecular weight excluding hydrogens is 386 g/mol. The van der Waals surface area contributed by atoms with E-state index in [4.69, 9.17) is 28.6 Å². The van der Waals surface area contributed by atoms with Crippen LogP contribution in [0, 0.1) is 5.92 Å². The summed E-state index contributed by atoms with van der Waals surface area (Å²) in [7, 11) is 0. The van der Waals surface area contributed by atoms with Gasteiger partial charge in [0.1, 0.15) is 11.4 Å². The number of para-hydroxylation sites is 2. The highest BCUT2D eigenvalue weighted by Gasteiger charge is 2.38. The molecule has 27 heavy (non-hydrogen) atoms. The Balaban J connectivity index is 1.89. The van der Waals surface area contributed by atoms with Gasteiger partial charge < -0.3 is 10.1 Å². The van der Waals surface area contributed by atoms with E-state index in [1.165, 1.54) is 11.1 Å². The molecule has 2 amide bonds. The summed E-state index contributed by atoms with van der Waals surface area (Å²) in [4.78, 5) is 30.7. The van der Waals surface area contributed by atoms with E-state index in [0.717, 1.165) is 0 Å². The first-order chi connectivity index (χ1) is 13.0. The smallest absolute Gasteiger partial charge is 0.251 e. The molecule has 0 spiro atoms. The molecular formula is C19H16ClN3O3S. The number of ether oxygens (including phenoxy) is 1. The fourth-order valence-corrected chi connectivity index (χ4v) is 2.97. The van der Waals surface area contributed by atoms with Crippen molar-refractivity contribution in [1.29, 1.82) is 0 Å². The van der Waals surface area contributed by atoms with Crippen molar-refractivity contribution < 1.29 is 14.3 Å². The number of thiocarbonyl (C=S) groups is 1. The number of nitrogens with zero attached hydrogens (tertiary/aromatic N) is 2. The maximum atomic E-state index is 12.9. The number of carbonyl (C=O) groups excluding carboxylic acids is 2. The van der Waals surface area contributed by atoms with E-state index in [9.17, 15) is 9.59 Å². The van der Waals surface area contributed by atoms with Crippen LogP contribution in [0.3, 0.4) is 0 Å². The molecule has 0 bridgehead atoms. The van der Waals surface area contributed by atoms with Crippen molar-refractivity contribution >= 4 is 58.3 Å². The molecule has 0 unspecified atom stereocenters. The zero-order chi connectivity index (χ0) is 19.4. The lowest BCUT2D eigenvalue weighted by Crippen LogP contribution is -2.58. The minimum Gasteiger partial charge on any atom is -0.492 e. The van der Waals surface area contributed by atoms with Crippen molar-refractivity contribution in [3.63, 3.8) is 0 Å². The van der Waals surface area contributed by atoms with Crippen molar-refractivity contribution in [2.45, 2.75) is 6.92 Å². The molecule has 2 aromatic carbocycles. The quantitative estimate of drug-likeness (QED) is 0.473. The van der Waals surface area contributed by atoms with Gasteiger partial charge in [-0.25, -0.2) is 0 Å². The molecule has 0 radical (unpaired) electrons. The molecule has 2 aromatic rings. The van der Waals surface area contributed by atoms with Crippen molar-refractivity contribution in [2.24, 2.45) is 10.9 Å². The third kappa shape index (κ3) is 4.15. The van der Waals surface area contributed by atoms with Crippen LogP contribution >= 0.6 is 23.8 Å². The van der Waals surface area contributed by atoms with Crippen LogP contribution in [0.1, 0.15) is 6.92 Å². The van der Waals surface area contributed by atoms with Crippen LogP contribution in [0.5, 0.6) is 5.75 Å². The first kappa shape index (κ1) is 19.0. The number of anilines is 1. The van der Waals surface area contributed by atoms with Gasteiger partial charge in [0.05, 0.1) is 12.3 Å². The lowest BCUT2D eigenvalue weighted by atomic mass is 10.1. The van der Waals surface area contributed by atoms with E-state index in [2.05, 4.69) is 10.3 Å². The van der Waals surface area contributed by atoms with Crippen LogP contribution in [0.25, 0.3) is 0 Å². The van der Waals surface area contributed by atoms with Crippen LogP contribution in [0.2, 0.25) is 5.02 Å². The van der Waals surface area contributed by atoms with E-state index in [-0.39, 0.29) is 5.11 Å². The Labute approximate surface area is 166 Å². The molecule has 1 saturated heterocycles. The molecule has 3 rings (SSSR count). The normalized spacial score (nSPS) is 17.3. The molecule has 1 fully saturated rings. The highest BCUT2D eigenvalue weighted by Crippen LogP contribution is 2.27. The lowest BCUT2D eigenvalue weighted by molar-refractivity contribution is -0.130. The van der Waals surface area contributed by atoms with Gasteiger partial charge in [-0.15, -0.1) is 0 Å². The number of amides is 2. The molecule has 1 aliphatic rings. The maximum absolute atomic E-state index is 12.9. The average Bonchev–Trinajstić information content (AvgIpc) is 2.64. The number of hydrogen-bond acceptors (Lipinski definition) is 5. The van der Waals surface area contributed by atoms with Gasteiger partial charge in [-0.05, 0) is 55.5 Å². The Morgan fingerprint density at radius 1 is 1.22 bits per heavy atom. The van der Waals surface area contributed by atoms with Crippen molar-refractivity contribution in [2.75, 3.05) is 11.5 Å². The number of halogens is 1. The Morgan fingerprint density at radius 3 is 2.63 bits per heavy atom. The number of hydrogen-bond donors (Lipinski definition) is 1. The van der Waals surface area contributed by atoms with Gasteiger partial charge in [0.2, 0.25) is 5.91 Å². The Hall–Kier alpha value is -2.77. The molecule has 0 aromatic heterocycles. The topological polar surface area (TPSA) is 71.0 Å². The summed E-state index contributed by atoms with van der Waals surface area (Å²) < 4.78 is 5.51. The molecule has 138 valence electrons. The molecule has 1 N–H and O–H groups in total. The van der Waals surface area contributed by atoms with Gasteiger partial charge in [0.25, 0.3) is 5.91 Å². The van der Waals surface area contributed by atoms with Gasteiger partial charge in [-0.3, -0.25) is 19.5 Å². The van der Waals surface area contributed by atoms with Crippen LogP contribution < -0.4 is 15.0 Å². The first-order valence-electron chi connectivity index (χ1n) is 8.21. The van der Waals surface area contributed by atoms with Gasteiger partial charge in [-0.2, -0.15) is 0 Å². The van der Waals surface area contributed by atoms with Crippen molar-refractivity contribution in [3.05, 3.63) is 53.6 Å². The van der Waals surface area contributed by atoms with E-state index >= 15 is 0 Å². The van der Waals surface area contributed by atoms with Crippen molar-refractivity contribution in [1.82, 2.24) is 5.32 Å². The largest absolute Gasteiger partial charge is 0.492 e. The third-order valence-corrected chi connectivity index (χ3v) is 4.35. The molecule has 1 heterocycles. The second kappa shape index (κ2) is 8.28. The van der Waals surface area contributed by atoms with Gasteiger partial charge in [0.15, 0.2) is 11.0 Å². The summed E-state index contributed by atoms with van der Waals surface area (Å²) >= 11 is 11.1. The standard InChI is InChI=1S/C19H16ClN3O3S/c1-2-26-16-6-4-3-5-15(16)21-11-14-17(24)22-19(27)23(18(14)25)13-9-7-12(20)8-10-13/h3-11,14H,2H2,1H3,(H,22,24,27)/t14-/m0/s1. The van der Waals surface area contributed by atoms with E-state index < -0.39 is 17.7 Å². The second-order valence-electron chi connectivity index (χ2n) is 5.60. The van der Waals surface area contributed by atoms with Crippen LogP contribution in [-0.4, -0.2) is 29.7 Å². The first-order valence-corrected chi connectivity index (χ1v) is 9.00. The summed E-state index contributed by atoms with van der Waals surface area (Å²) in [6.45, 7) is 2.34. The minimum absolute atomic E-state index is 0.0201. The predicted octanol–water partition coefficient (Wildman–Crippen LogP) is 3.51. The average molecular weight is 402 g/mol. The van der Waals surface area contributed by atoms with Gasteiger partial charge in [-0.1, -0.05) is 23.7 Å². The number of aliphatic imine (C=N–C) groups is 1. The Kier molecular flexibility index (Phi) is 5.83. The molecule has 0 aliphatic carbocycles. The zero-order valence-electron chi connectivity index (χ0n) is 14.4. The zero-order valence-corrected chi connectivity index (χ0v) is 16.0. The van der Waals surface area contributed by atoms with Crippen LogP contribution in [-0.2, 0) is 9.59 Å². The SMILES string of the molecule is CCOc1ccccc1N=C[C@H]1C(=O)NC(=S)N(c2ccc(Cl)cc2)C1=O. The predicted molar refractivity (Wildman–Crippen MR) is 109 cm³/mol. The Morgan fingerprint density at radius 2 is 1.93 bits per heavy atom. The lowest BCUT2D eigenvalue weighted by Gasteiger charge is -2.30. The molecule has 1 aliphatic heterocycles. The van der Waals surface area contributed by atoms with Gasteiger partial charge in [0, 0.05) is 11.2 Å². The van der Waals surface area contributed by atoms with E-state index in [1.807, 2.05) is 13.0 Å². The summed E-state index contributed by atoms with van der Waals surface area (Å²) in [5, 5.41) is 3.09. The number of rotatable bonds is 5. The van der Waals surface area contributed by atoms with Gasteiger partial charge >= 0.3 is 0 Å². The molecule has 0 saturated carbocycles. The fraction of sp³-hybridized carbons (Fsp3) is 0.158. The summed E-state index contributed by atoms with van der Waals surface area (Å²) in [6, 6.07) is 13.7. The van der Waals surface area contributed by atoms with Crippen LogP contribution in [0.15, 0.2) is 53.5 Å². The molecule has 8 heteroatoms. The highest BCUT2D eigenvalue weighted by molar-refractivity contribution is 7.80. The number of carbonyl (C=O) groups is 2. The van der Waals surface area contributed by atoms with E-state index in [0.29, 0.717) is 28.8 Å². The summed E-state index contributed by atoms with van der Waals surface area (Å²) in [6.07, 6.45) is 1.31. The summed E-state index contributed by atoms with van der Waals surface area (Å²) in [5.74, 6) is -1.54. The van der Waals surface area contributed by atoms with E-state index in [1.54, 1.807) is 42.5 Å². The van der Waals surface area contributed by atoms with Crippen LogP contribution in [0.4, 0.5) is 11.4 Å². The molecule has 1 atom stereocenters. The number of benzene rings is 2. The number of nitrogens with one attached hydrogen (secondary N) is 1. The third-order valence-electron chi connectivity index (χ3n) is 3.81. The second-order valence-corrected chi connectivity index (χ2v) is 6.42. The monoisotopic (exact) mass is 401 g/mol. The Bertz CT molecular complexity index is 915. The van der Waals surface area contributed by atoms with Crippen molar-refractivity contribution in [3.8, 4) is 5.75 Å².